The highest BCUT2D eigenvalue weighted by molar-refractivity contribution is 6.36. The van der Waals surface area contributed by atoms with Gasteiger partial charge in [0.25, 0.3) is 0 Å². The summed E-state index contributed by atoms with van der Waals surface area (Å²) in [6.45, 7) is 6.00. The van der Waals surface area contributed by atoms with E-state index in [4.69, 9.17) is 51.0 Å². The first-order valence-corrected chi connectivity index (χ1v) is 9.54. The monoisotopic (exact) mass is 450 g/mol. The molecule has 6 nitrogen and oxygen atoms in total. The molecule has 1 heterocycles. The van der Waals surface area contributed by atoms with Crippen LogP contribution in [0.4, 0.5) is 9.18 Å². The summed E-state index contributed by atoms with van der Waals surface area (Å²) in [5.74, 6) is -0.480. The Morgan fingerprint density at radius 3 is 2.54 bits per heavy atom. The van der Waals surface area contributed by atoms with Gasteiger partial charge in [-0.2, -0.15) is 0 Å². The predicted molar refractivity (Wildman–Crippen MR) is 109 cm³/mol. The maximum atomic E-state index is 13.9. The number of hydrogen-bond donors (Lipinski definition) is 2. The highest BCUT2D eigenvalue weighted by atomic mass is 35.5. The van der Waals surface area contributed by atoms with E-state index in [0.29, 0.717) is 22.8 Å². The smallest absolute Gasteiger partial charge is 0.416 e. The lowest BCUT2D eigenvalue weighted by molar-refractivity contribution is 0.0270. The number of amides is 1. The molecule has 4 N–H and O–H groups in total. The van der Waals surface area contributed by atoms with E-state index in [1.165, 1.54) is 23.1 Å². The summed E-state index contributed by atoms with van der Waals surface area (Å²) in [7, 11) is 0. The fourth-order valence-electron chi connectivity index (χ4n) is 2.63. The molecule has 10 heteroatoms. The van der Waals surface area contributed by atoms with E-state index in [2.05, 4.69) is 0 Å². The van der Waals surface area contributed by atoms with Gasteiger partial charge in [-0.25, -0.2) is 9.18 Å². The Morgan fingerprint density at radius 1 is 1.32 bits per heavy atom. The summed E-state index contributed by atoms with van der Waals surface area (Å²) in [6, 6.07) is 2.61. The molecule has 0 radical (unpaired) electrons. The maximum absolute atomic E-state index is 13.9. The van der Waals surface area contributed by atoms with Crippen LogP contribution in [-0.2, 0) is 11.3 Å². The van der Waals surface area contributed by atoms with Crippen molar-refractivity contribution in [3.8, 4) is 0 Å². The number of ether oxygens (including phenoxy) is 1. The topological polar surface area (TPSA) is 84.8 Å². The summed E-state index contributed by atoms with van der Waals surface area (Å²) < 4.78 is 19.2. The molecule has 154 valence electrons. The van der Waals surface area contributed by atoms with Crippen LogP contribution >= 0.6 is 34.8 Å². The Kier molecular flexibility index (Phi) is 6.96. The van der Waals surface area contributed by atoms with Crippen molar-refractivity contribution in [1.82, 2.24) is 9.80 Å². The molecule has 0 saturated carbocycles. The third-order valence-corrected chi connectivity index (χ3v) is 4.74. The SMILES string of the molecule is CC(C)(C)OC(=O)N1CCN(Cc2c(Cl)ccc(F)c2Cl)C(/C=C(\N)Cl)=C1N. The summed E-state index contributed by atoms with van der Waals surface area (Å²) in [5, 5.41) is 0.190. The van der Waals surface area contributed by atoms with Crippen LogP contribution in [0.15, 0.2) is 34.9 Å². The van der Waals surface area contributed by atoms with Gasteiger partial charge in [0, 0.05) is 30.2 Å². The third-order valence-electron chi connectivity index (χ3n) is 3.86. The van der Waals surface area contributed by atoms with Gasteiger partial charge in [-0.15, -0.1) is 0 Å². The van der Waals surface area contributed by atoms with Gasteiger partial charge in [-0.05, 0) is 39.0 Å². The van der Waals surface area contributed by atoms with Gasteiger partial charge < -0.3 is 21.1 Å². The second kappa shape index (κ2) is 8.68. The summed E-state index contributed by atoms with van der Waals surface area (Å²) >= 11 is 18.1. The van der Waals surface area contributed by atoms with E-state index in [1.54, 1.807) is 25.7 Å². The van der Waals surface area contributed by atoms with E-state index < -0.39 is 17.5 Å². The summed E-state index contributed by atoms with van der Waals surface area (Å²) in [6.07, 6.45) is 0.819. The Balaban J connectivity index is 2.41. The first-order valence-electron chi connectivity index (χ1n) is 8.41. The number of benzene rings is 1. The van der Waals surface area contributed by atoms with Crippen molar-refractivity contribution in [3.05, 3.63) is 56.3 Å². The lowest BCUT2D eigenvalue weighted by atomic mass is 10.1. The lowest BCUT2D eigenvalue weighted by Crippen LogP contribution is -2.48. The number of halogens is 4. The van der Waals surface area contributed by atoms with Gasteiger partial charge >= 0.3 is 6.09 Å². The number of hydrogen-bond acceptors (Lipinski definition) is 5. The molecule has 0 fully saturated rings. The van der Waals surface area contributed by atoms with Crippen molar-refractivity contribution in [2.24, 2.45) is 11.5 Å². The van der Waals surface area contributed by atoms with Crippen LogP contribution < -0.4 is 11.5 Å². The predicted octanol–water partition coefficient (Wildman–Crippen LogP) is 4.35. The van der Waals surface area contributed by atoms with Crippen LogP contribution in [0, 0.1) is 5.82 Å². The molecule has 28 heavy (non-hydrogen) atoms. The molecule has 1 amide bonds. The summed E-state index contributed by atoms with van der Waals surface area (Å²) in [5.41, 5.74) is 11.9. The quantitative estimate of drug-likeness (QED) is 0.527. The molecular weight excluding hydrogens is 430 g/mol. The molecule has 0 atom stereocenters. The van der Waals surface area contributed by atoms with Crippen LogP contribution in [0.25, 0.3) is 0 Å². The van der Waals surface area contributed by atoms with Crippen molar-refractivity contribution in [3.63, 3.8) is 0 Å². The Bertz CT molecular complexity index is 833. The second-order valence-electron chi connectivity index (χ2n) is 7.17. The standard InChI is InChI=1S/C18H22Cl3FN4O2/c1-18(2,3)28-17(27)26-7-6-25(13(16(26)24)8-14(20)23)9-10-11(19)4-5-12(22)15(10)21/h4-5,8H,6-7,9,23-24H2,1-3H3/b14-8-. The molecule has 0 saturated heterocycles. The normalized spacial score (nSPS) is 15.9. The average Bonchev–Trinajstić information content (AvgIpc) is 2.56. The zero-order valence-corrected chi connectivity index (χ0v) is 18.0. The molecule has 0 unspecified atom stereocenters. The number of rotatable bonds is 3. The van der Waals surface area contributed by atoms with Gasteiger partial charge in [0.15, 0.2) is 0 Å². The van der Waals surface area contributed by atoms with Crippen molar-refractivity contribution in [1.29, 1.82) is 0 Å². The fraction of sp³-hybridized carbons (Fsp3) is 0.389. The van der Waals surface area contributed by atoms with E-state index in [9.17, 15) is 9.18 Å². The molecule has 1 aliphatic heterocycles. The number of nitrogens with zero attached hydrogens (tertiary/aromatic N) is 2. The van der Waals surface area contributed by atoms with Crippen molar-refractivity contribution >= 4 is 40.9 Å². The molecule has 1 aromatic rings. The number of allylic oxidation sites excluding steroid dienone is 1. The molecular formula is C18H22Cl3FN4O2. The van der Waals surface area contributed by atoms with Gasteiger partial charge in [-0.3, -0.25) is 4.90 Å². The van der Waals surface area contributed by atoms with Crippen LogP contribution in [0.5, 0.6) is 0 Å². The van der Waals surface area contributed by atoms with E-state index >= 15 is 0 Å². The molecule has 0 bridgehead atoms. The van der Waals surface area contributed by atoms with E-state index in [-0.39, 0.29) is 29.1 Å². The van der Waals surface area contributed by atoms with Gasteiger partial charge in [-0.1, -0.05) is 34.8 Å². The number of carbonyl (C=O) groups excluding carboxylic acids is 1. The first-order chi connectivity index (χ1) is 12.9. The van der Waals surface area contributed by atoms with Crippen LogP contribution in [0.1, 0.15) is 26.3 Å². The molecule has 0 spiro atoms. The van der Waals surface area contributed by atoms with E-state index in [0.717, 1.165) is 0 Å². The Morgan fingerprint density at radius 2 is 1.96 bits per heavy atom. The van der Waals surface area contributed by atoms with Gasteiger partial charge in [0.05, 0.1) is 10.7 Å². The van der Waals surface area contributed by atoms with Gasteiger partial charge in [0.2, 0.25) is 0 Å². The minimum atomic E-state index is -0.682. The van der Waals surface area contributed by atoms with Crippen molar-refractivity contribution in [2.45, 2.75) is 32.9 Å². The lowest BCUT2D eigenvalue weighted by Gasteiger charge is -2.38. The Labute approximate surface area is 178 Å². The van der Waals surface area contributed by atoms with E-state index in [1.807, 2.05) is 0 Å². The highest BCUT2D eigenvalue weighted by Gasteiger charge is 2.31. The molecule has 0 aliphatic carbocycles. The fourth-order valence-corrected chi connectivity index (χ4v) is 3.23. The first kappa shape index (κ1) is 22.5. The minimum absolute atomic E-state index is 0.0366. The second-order valence-corrected chi connectivity index (χ2v) is 8.40. The Hall–Kier alpha value is -1.83. The largest absolute Gasteiger partial charge is 0.443 e. The van der Waals surface area contributed by atoms with Gasteiger partial charge in [0.1, 0.15) is 22.4 Å². The maximum Gasteiger partial charge on any atom is 0.416 e. The van der Waals surface area contributed by atoms with Crippen LogP contribution in [0.2, 0.25) is 10.0 Å². The number of nitrogens with two attached hydrogens (primary N) is 2. The van der Waals surface area contributed by atoms with Crippen molar-refractivity contribution in [2.75, 3.05) is 13.1 Å². The molecule has 1 aliphatic rings. The minimum Gasteiger partial charge on any atom is -0.443 e. The molecule has 2 rings (SSSR count). The summed E-state index contributed by atoms with van der Waals surface area (Å²) in [4.78, 5) is 15.5. The molecule has 0 aromatic heterocycles. The highest BCUT2D eigenvalue weighted by Crippen LogP contribution is 2.31. The zero-order chi connectivity index (χ0) is 21.2. The van der Waals surface area contributed by atoms with Crippen LogP contribution in [0.3, 0.4) is 0 Å². The van der Waals surface area contributed by atoms with Crippen molar-refractivity contribution < 1.29 is 13.9 Å². The third kappa shape index (κ3) is 5.37. The zero-order valence-electron chi connectivity index (χ0n) is 15.7. The van der Waals surface area contributed by atoms with Crippen LogP contribution in [-0.4, -0.2) is 34.6 Å². The average molecular weight is 452 g/mol. The molecule has 1 aromatic carbocycles. The number of carbonyl (C=O) groups is 1.